The van der Waals surface area contributed by atoms with Gasteiger partial charge in [-0.2, -0.15) is 0 Å². The largest absolute Gasteiger partial charge is 0.369 e. The summed E-state index contributed by atoms with van der Waals surface area (Å²) in [5, 5.41) is 0. The van der Waals surface area contributed by atoms with Crippen LogP contribution in [0.5, 0.6) is 0 Å². The van der Waals surface area contributed by atoms with Crippen molar-refractivity contribution < 1.29 is 4.79 Å². The van der Waals surface area contributed by atoms with Crippen molar-refractivity contribution in [3.63, 3.8) is 0 Å². The van der Waals surface area contributed by atoms with Crippen LogP contribution in [-0.2, 0) is 4.79 Å². The van der Waals surface area contributed by atoms with Crippen LogP contribution in [0, 0.1) is 11.3 Å². The molecule has 1 saturated carbocycles. The lowest BCUT2D eigenvalue weighted by Crippen LogP contribution is -2.37. The van der Waals surface area contributed by atoms with E-state index in [0.29, 0.717) is 5.92 Å². The average Bonchev–Trinajstić information content (AvgIpc) is 2.74. The summed E-state index contributed by atoms with van der Waals surface area (Å²) in [6.07, 6.45) is 4.21. The van der Waals surface area contributed by atoms with Crippen molar-refractivity contribution in [3.05, 3.63) is 0 Å². The molecule has 2 N–H and O–H groups in total. The third-order valence-corrected chi connectivity index (χ3v) is 3.11. The predicted octanol–water partition coefficient (Wildman–Crippen LogP) is 1.69. The molecule has 0 bridgehead atoms. The van der Waals surface area contributed by atoms with E-state index in [-0.39, 0.29) is 11.3 Å². The molecule has 1 amide bonds. The van der Waals surface area contributed by atoms with Gasteiger partial charge >= 0.3 is 0 Å². The van der Waals surface area contributed by atoms with Gasteiger partial charge in [-0.05, 0) is 31.6 Å². The molecule has 1 rings (SSSR count). The monoisotopic (exact) mass is 155 g/mol. The molecule has 1 fully saturated rings. The van der Waals surface area contributed by atoms with Gasteiger partial charge in [-0.15, -0.1) is 0 Å². The Bertz CT molecular complexity index is 157. The summed E-state index contributed by atoms with van der Waals surface area (Å²) in [5.74, 6) is 0.500. The molecule has 0 aliphatic heterocycles. The van der Waals surface area contributed by atoms with Crippen LogP contribution in [0.15, 0.2) is 0 Å². The van der Waals surface area contributed by atoms with Crippen molar-refractivity contribution in [1.29, 1.82) is 0 Å². The third-order valence-electron chi connectivity index (χ3n) is 3.11. The second kappa shape index (κ2) is 2.84. The molecule has 1 aliphatic rings. The molecule has 0 saturated heterocycles. The zero-order valence-corrected chi connectivity index (χ0v) is 7.39. The molecular formula is C9H17NO. The van der Waals surface area contributed by atoms with E-state index in [9.17, 15) is 4.79 Å². The Hall–Kier alpha value is -0.530. The molecule has 0 unspecified atom stereocenters. The van der Waals surface area contributed by atoms with E-state index >= 15 is 0 Å². The molecule has 1 aliphatic carbocycles. The highest BCUT2D eigenvalue weighted by Crippen LogP contribution is 2.49. The Morgan fingerprint density at radius 1 is 1.45 bits per heavy atom. The van der Waals surface area contributed by atoms with Gasteiger partial charge in [0.1, 0.15) is 0 Å². The summed E-state index contributed by atoms with van der Waals surface area (Å²) in [6.45, 7) is 4.12. The first kappa shape index (κ1) is 8.57. The molecule has 0 spiro atoms. The number of hydrogen-bond donors (Lipinski definition) is 1. The van der Waals surface area contributed by atoms with E-state index in [4.69, 9.17) is 5.73 Å². The molecule has 0 aromatic rings. The summed E-state index contributed by atoms with van der Waals surface area (Å²) in [4.78, 5) is 11.2. The standard InChI is InChI=1S/C9H17NO/c1-3-9(4-2,8(10)11)7-5-6-7/h7H,3-6H2,1-2H3,(H2,10,11). The van der Waals surface area contributed by atoms with Gasteiger partial charge in [0, 0.05) is 0 Å². The highest BCUT2D eigenvalue weighted by atomic mass is 16.1. The minimum Gasteiger partial charge on any atom is -0.369 e. The van der Waals surface area contributed by atoms with E-state index in [0.717, 1.165) is 12.8 Å². The topological polar surface area (TPSA) is 43.1 Å². The maximum atomic E-state index is 11.2. The molecule has 0 atom stereocenters. The summed E-state index contributed by atoms with van der Waals surface area (Å²) in [5.41, 5.74) is 5.23. The Kier molecular flexibility index (Phi) is 2.21. The van der Waals surface area contributed by atoms with Gasteiger partial charge in [-0.25, -0.2) is 0 Å². The smallest absolute Gasteiger partial charge is 0.223 e. The predicted molar refractivity (Wildman–Crippen MR) is 44.9 cm³/mol. The van der Waals surface area contributed by atoms with E-state index in [2.05, 4.69) is 13.8 Å². The number of rotatable bonds is 4. The van der Waals surface area contributed by atoms with Crippen LogP contribution in [0.4, 0.5) is 0 Å². The first-order valence-electron chi connectivity index (χ1n) is 4.47. The SMILES string of the molecule is CCC(CC)(C(N)=O)C1CC1. The summed E-state index contributed by atoms with van der Waals surface area (Å²) in [7, 11) is 0. The number of nitrogens with two attached hydrogens (primary N) is 1. The normalized spacial score (nSPS) is 18.4. The van der Waals surface area contributed by atoms with Gasteiger partial charge in [0.15, 0.2) is 0 Å². The quantitative estimate of drug-likeness (QED) is 0.659. The lowest BCUT2D eigenvalue weighted by Gasteiger charge is -2.27. The second-order valence-electron chi connectivity index (χ2n) is 3.50. The Labute approximate surface area is 68.2 Å². The minimum absolute atomic E-state index is 0.0926. The average molecular weight is 155 g/mol. The zero-order valence-electron chi connectivity index (χ0n) is 7.39. The van der Waals surface area contributed by atoms with Crippen LogP contribution in [0.1, 0.15) is 39.5 Å². The molecular weight excluding hydrogens is 138 g/mol. The van der Waals surface area contributed by atoms with Crippen LogP contribution < -0.4 is 5.73 Å². The maximum absolute atomic E-state index is 11.2. The fraction of sp³-hybridized carbons (Fsp3) is 0.889. The van der Waals surface area contributed by atoms with Crippen molar-refractivity contribution >= 4 is 5.91 Å². The van der Waals surface area contributed by atoms with Crippen molar-refractivity contribution in [3.8, 4) is 0 Å². The summed E-state index contributed by atoms with van der Waals surface area (Å²) in [6, 6.07) is 0. The van der Waals surface area contributed by atoms with Crippen LogP contribution in [0.25, 0.3) is 0 Å². The molecule has 0 aromatic heterocycles. The molecule has 2 heteroatoms. The Balaban J connectivity index is 2.73. The fourth-order valence-corrected chi connectivity index (χ4v) is 2.01. The maximum Gasteiger partial charge on any atom is 0.223 e. The van der Waals surface area contributed by atoms with Gasteiger partial charge in [-0.3, -0.25) is 4.79 Å². The highest BCUT2D eigenvalue weighted by Gasteiger charge is 2.46. The number of carbonyl (C=O) groups excluding carboxylic acids is 1. The van der Waals surface area contributed by atoms with Crippen LogP contribution in [0.2, 0.25) is 0 Å². The summed E-state index contributed by atoms with van der Waals surface area (Å²) < 4.78 is 0. The van der Waals surface area contributed by atoms with Gasteiger partial charge in [0.25, 0.3) is 0 Å². The van der Waals surface area contributed by atoms with E-state index in [1.54, 1.807) is 0 Å². The van der Waals surface area contributed by atoms with Crippen LogP contribution in [-0.4, -0.2) is 5.91 Å². The van der Waals surface area contributed by atoms with Gasteiger partial charge in [0.05, 0.1) is 5.41 Å². The molecule has 0 radical (unpaired) electrons. The van der Waals surface area contributed by atoms with Crippen molar-refractivity contribution in [2.45, 2.75) is 39.5 Å². The van der Waals surface area contributed by atoms with Crippen molar-refractivity contribution in [2.24, 2.45) is 17.1 Å². The Morgan fingerprint density at radius 2 is 1.91 bits per heavy atom. The van der Waals surface area contributed by atoms with E-state index < -0.39 is 0 Å². The number of primary amides is 1. The van der Waals surface area contributed by atoms with Crippen LogP contribution in [0.3, 0.4) is 0 Å². The fourth-order valence-electron chi connectivity index (χ4n) is 2.01. The third kappa shape index (κ3) is 1.26. The van der Waals surface area contributed by atoms with Gasteiger partial charge in [-0.1, -0.05) is 13.8 Å². The highest BCUT2D eigenvalue weighted by molar-refractivity contribution is 5.81. The van der Waals surface area contributed by atoms with Crippen LogP contribution >= 0.6 is 0 Å². The molecule has 0 heterocycles. The van der Waals surface area contributed by atoms with Crippen molar-refractivity contribution in [1.82, 2.24) is 0 Å². The second-order valence-corrected chi connectivity index (χ2v) is 3.50. The lowest BCUT2D eigenvalue weighted by atomic mass is 9.77. The first-order chi connectivity index (χ1) is 5.17. The number of amides is 1. The number of hydrogen-bond acceptors (Lipinski definition) is 1. The first-order valence-corrected chi connectivity index (χ1v) is 4.47. The summed E-state index contributed by atoms with van der Waals surface area (Å²) >= 11 is 0. The molecule has 11 heavy (non-hydrogen) atoms. The lowest BCUT2D eigenvalue weighted by molar-refractivity contribution is -0.129. The van der Waals surface area contributed by atoms with Gasteiger partial charge < -0.3 is 5.73 Å². The minimum atomic E-state index is -0.167. The molecule has 2 nitrogen and oxygen atoms in total. The molecule has 64 valence electrons. The van der Waals surface area contributed by atoms with E-state index in [1.165, 1.54) is 12.8 Å². The number of carbonyl (C=O) groups is 1. The van der Waals surface area contributed by atoms with E-state index in [1.807, 2.05) is 0 Å². The van der Waals surface area contributed by atoms with Gasteiger partial charge in [0.2, 0.25) is 5.91 Å². The van der Waals surface area contributed by atoms with Crippen molar-refractivity contribution in [2.75, 3.05) is 0 Å². The Morgan fingerprint density at radius 3 is 2.00 bits per heavy atom. The zero-order chi connectivity index (χ0) is 8.48. The molecule has 0 aromatic carbocycles.